The summed E-state index contributed by atoms with van der Waals surface area (Å²) < 4.78 is 11.2. The molecule has 0 radical (unpaired) electrons. The van der Waals surface area contributed by atoms with Crippen molar-refractivity contribution >= 4 is 22.4 Å². The Morgan fingerprint density at radius 2 is 1.80 bits per heavy atom. The van der Waals surface area contributed by atoms with E-state index >= 15 is 0 Å². The minimum Gasteiger partial charge on any atom is -0.490 e. The van der Waals surface area contributed by atoms with Crippen molar-refractivity contribution in [2.75, 3.05) is 18.5 Å². The second kappa shape index (κ2) is 6.27. The Balaban J connectivity index is 1.66. The van der Waals surface area contributed by atoms with Gasteiger partial charge in [0.05, 0.1) is 18.6 Å². The van der Waals surface area contributed by atoms with Crippen LogP contribution in [0.25, 0.3) is 10.8 Å². The Bertz CT molecular complexity index is 1010. The first-order valence-electron chi connectivity index (χ1n) is 7.91. The van der Waals surface area contributed by atoms with Crippen molar-refractivity contribution in [2.45, 2.75) is 6.42 Å². The molecule has 2 aromatic carbocycles. The molecular weight excluding hydrogens is 322 g/mol. The molecule has 7 nitrogen and oxygen atoms in total. The maximum absolute atomic E-state index is 12.6. The molecule has 4 rings (SSSR count). The number of anilines is 1. The van der Waals surface area contributed by atoms with Crippen LogP contribution in [0.15, 0.2) is 47.3 Å². The lowest BCUT2D eigenvalue weighted by Crippen LogP contribution is -2.19. The standard InChI is InChI=1S/C18H15N3O4/c22-17-13-5-2-1-4-12(13)16(20-21-17)18(23)19-11-6-7-14-15(10-11)25-9-3-8-24-14/h1-2,4-7,10H,3,8-9H2,(H,19,23)(H,21,22). The van der Waals surface area contributed by atoms with Crippen LogP contribution in [0.1, 0.15) is 16.9 Å². The Hall–Kier alpha value is -3.35. The molecule has 3 aromatic rings. The van der Waals surface area contributed by atoms with Gasteiger partial charge < -0.3 is 14.8 Å². The lowest BCUT2D eigenvalue weighted by Gasteiger charge is -2.10. The van der Waals surface area contributed by atoms with Crippen LogP contribution in [0, 0.1) is 0 Å². The highest BCUT2D eigenvalue weighted by atomic mass is 16.5. The predicted molar refractivity (Wildman–Crippen MR) is 92.4 cm³/mol. The lowest BCUT2D eigenvalue weighted by atomic mass is 10.1. The highest BCUT2D eigenvalue weighted by Crippen LogP contribution is 2.32. The first-order valence-corrected chi connectivity index (χ1v) is 7.91. The molecule has 2 heterocycles. The fraction of sp³-hybridized carbons (Fsp3) is 0.167. The number of H-pyrrole nitrogens is 1. The average Bonchev–Trinajstić information content (AvgIpc) is 2.87. The first kappa shape index (κ1) is 15.2. The fourth-order valence-corrected chi connectivity index (χ4v) is 2.72. The number of hydrogen-bond donors (Lipinski definition) is 2. The summed E-state index contributed by atoms with van der Waals surface area (Å²) in [5.41, 5.74) is 0.386. The zero-order valence-electron chi connectivity index (χ0n) is 13.2. The van der Waals surface area contributed by atoms with Gasteiger partial charge in [-0.3, -0.25) is 9.59 Å². The summed E-state index contributed by atoms with van der Waals surface area (Å²) in [4.78, 5) is 24.4. The van der Waals surface area contributed by atoms with Gasteiger partial charge in [0.15, 0.2) is 17.2 Å². The molecule has 0 spiro atoms. The third kappa shape index (κ3) is 2.91. The maximum atomic E-state index is 12.6. The Morgan fingerprint density at radius 1 is 1.04 bits per heavy atom. The van der Waals surface area contributed by atoms with Crippen LogP contribution in [0.5, 0.6) is 11.5 Å². The molecule has 0 aliphatic carbocycles. The van der Waals surface area contributed by atoms with Gasteiger partial charge in [0.2, 0.25) is 0 Å². The summed E-state index contributed by atoms with van der Waals surface area (Å²) in [5, 5.41) is 9.95. The second-order valence-electron chi connectivity index (χ2n) is 5.61. The van der Waals surface area contributed by atoms with E-state index in [0.29, 0.717) is 41.2 Å². The van der Waals surface area contributed by atoms with E-state index in [9.17, 15) is 9.59 Å². The van der Waals surface area contributed by atoms with Crippen LogP contribution in [0.4, 0.5) is 5.69 Å². The molecule has 1 aliphatic rings. The molecule has 0 fully saturated rings. The summed E-state index contributed by atoms with van der Waals surface area (Å²) in [6.45, 7) is 1.17. The molecule has 1 amide bonds. The Morgan fingerprint density at radius 3 is 2.64 bits per heavy atom. The number of rotatable bonds is 2. The summed E-state index contributed by atoms with van der Waals surface area (Å²) in [6.07, 6.45) is 0.809. The Kier molecular flexibility index (Phi) is 3.81. The van der Waals surface area contributed by atoms with Crippen molar-refractivity contribution in [1.29, 1.82) is 0 Å². The van der Waals surface area contributed by atoms with Crippen LogP contribution in [-0.4, -0.2) is 29.3 Å². The normalized spacial score (nSPS) is 13.3. The monoisotopic (exact) mass is 337 g/mol. The maximum Gasteiger partial charge on any atom is 0.276 e. The lowest BCUT2D eigenvalue weighted by molar-refractivity contribution is 0.102. The van der Waals surface area contributed by atoms with Crippen molar-refractivity contribution in [3.05, 3.63) is 58.5 Å². The van der Waals surface area contributed by atoms with Gasteiger partial charge in [-0.2, -0.15) is 5.10 Å². The predicted octanol–water partition coefficient (Wildman–Crippen LogP) is 2.34. The number of nitrogens with zero attached hydrogens (tertiary/aromatic N) is 1. The SMILES string of the molecule is O=C(Nc1ccc2c(c1)OCCCO2)c1n[nH]c(=O)c2ccccc12. The molecule has 25 heavy (non-hydrogen) atoms. The van der Waals surface area contributed by atoms with Crippen LogP contribution < -0.4 is 20.3 Å². The summed E-state index contributed by atoms with van der Waals surface area (Å²) in [6, 6.07) is 12.1. The van der Waals surface area contributed by atoms with Crippen LogP contribution in [-0.2, 0) is 0 Å². The van der Waals surface area contributed by atoms with Crippen molar-refractivity contribution in [3.8, 4) is 11.5 Å². The van der Waals surface area contributed by atoms with E-state index in [1.165, 1.54) is 0 Å². The van der Waals surface area contributed by atoms with Gasteiger partial charge in [-0.15, -0.1) is 0 Å². The zero-order chi connectivity index (χ0) is 17.2. The van der Waals surface area contributed by atoms with E-state index in [4.69, 9.17) is 9.47 Å². The zero-order valence-corrected chi connectivity index (χ0v) is 13.2. The summed E-state index contributed by atoms with van der Waals surface area (Å²) in [5.74, 6) is 0.833. The van der Waals surface area contributed by atoms with Gasteiger partial charge in [0.25, 0.3) is 11.5 Å². The van der Waals surface area contributed by atoms with Gasteiger partial charge in [-0.05, 0) is 18.2 Å². The smallest absolute Gasteiger partial charge is 0.276 e. The number of benzene rings is 2. The number of amides is 1. The molecule has 1 aliphatic heterocycles. The topological polar surface area (TPSA) is 93.3 Å². The van der Waals surface area contributed by atoms with E-state index in [-0.39, 0.29) is 11.3 Å². The number of fused-ring (bicyclic) bond motifs is 2. The van der Waals surface area contributed by atoms with Gasteiger partial charge in [-0.1, -0.05) is 18.2 Å². The van der Waals surface area contributed by atoms with Gasteiger partial charge in [-0.25, -0.2) is 5.10 Å². The van der Waals surface area contributed by atoms with Gasteiger partial charge in [0, 0.05) is 23.6 Å². The molecule has 0 bridgehead atoms. The number of aromatic amines is 1. The number of hydrogen-bond acceptors (Lipinski definition) is 5. The van der Waals surface area contributed by atoms with Gasteiger partial charge >= 0.3 is 0 Å². The minimum atomic E-state index is -0.415. The number of carbonyl (C=O) groups excluding carboxylic acids is 1. The van der Waals surface area contributed by atoms with E-state index in [1.54, 1.807) is 42.5 Å². The Labute approximate surface area is 142 Å². The van der Waals surface area contributed by atoms with Crippen molar-refractivity contribution < 1.29 is 14.3 Å². The van der Waals surface area contributed by atoms with E-state index in [2.05, 4.69) is 15.5 Å². The number of ether oxygens (including phenoxy) is 2. The summed E-state index contributed by atoms with van der Waals surface area (Å²) in [7, 11) is 0. The largest absolute Gasteiger partial charge is 0.490 e. The third-order valence-electron chi connectivity index (χ3n) is 3.92. The molecule has 0 atom stereocenters. The molecular formula is C18H15N3O4. The van der Waals surface area contributed by atoms with E-state index in [0.717, 1.165) is 6.42 Å². The molecule has 1 aromatic heterocycles. The molecule has 0 saturated heterocycles. The third-order valence-corrected chi connectivity index (χ3v) is 3.92. The molecule has 126 valence electrons. The molecule has 2 N–H and O–H groups in total. The number of carbonyl (C=O) groups is 1. The first-order chi connectivity index (χ1) is 12.2. The van der Waals surface area contributed by atoms with E-state index in [1.807, 2.05) is 0 Å². The van der Waals surface area contributed by atoms with Crippen molar-refractivity contribution in [2.24, 2.45) is 0 Å². The van der Waals surface area contributed by atoms with Crippen molar-refractivity contribution in [1.82, 2.24) is 10.2 Å². The molecule has 0 unspecified atom stereocenters. The number of aromatic nitrogens is 2. The van der Waals surface area contributed by atoms with E-state index < -0.39 is 5.91 Å². The molecule has 7 heteroatoms. The second-order valence-corrected chi connectivity index (χ2v) is 5.61. The molecule has 0 saturated carbocycles. The minimum absolute atomic E-state index is 0.155. The fourth-order valence-electron chi connectivity index (χ4n) is 2.72. The van der Waals surface area contributed by atoms with Crippen LogP contribution in [0.3, 0.4) is 0 Å². The van der Waals surface area contributed by atoms with Crippen LogP contribution in [0.2, 0.25) is 0 Å². The highest BCUT2D eigenvalue weighted by molar-refractivity contribution is 6.11. The summed E-state index contributed by atoms with van der Waals surface area (Å²) >= 11 is 0. The van der Waals surface area contributed by atoms with Gasteiger partial charge in [0.1, 0.15) is 0 Å². The van der Waals surface area contributed by atoms with Crippen LogP contribution >= 0.6 is 0 Å². The number of nitrogens with one attached hydrogen (secondary N) is 2. The average molecular weight is 337 g/mol. The van der Waals surface area contributed by atoms with Crippen molar-refractivity contribution in [3.63, 3.8) is 0 Å². The highest BCUT2D eigenvalue weighted by Gasteiger charge is 2.16. The quantitative estimate of drug-likeness (QED) is 0.749.